The normalized spacial score (nSPS) is 27.3. The maximum absolute atomic E-state index is 11.9. The third kappa shape index (κ3) is 2.37. The van der Waals surface area contributed by atoms with E-state index in [0.717, 1.165) is 17.7 Å². The predicted molar refractivity (Wildman–Crippen MR) is 71.0 cm³/mol. The van der Waals surface area contributed by atoms with Gasteiger partial charge in [-0.05, 0) is 32.7 Å². The van der Waals surface area contributed by atoms with Gasteiger partial charge < -0.3 is 15.9 Å². The summed E-state index contributed by atoms with van der Waals surface area (Å²) in [7, 11) is 0. The van der Waals surface area contributed by atoms with E-state index >= 15 is 0 Å². The quantitative estimate of drug-likeness (QED) is 0.480. The Morgan fingerprint density at radius 1 is 1.53 bits per heavy atom. The number of carboxylic acids is 1. The van der Waals surface area contributed by atoms with E-state index in [1.165, 1.54) is 16.7 Å². The van der Waals surface area contributed by atoms with Crippen LogP contribution in [0, 0.1) is 5.92 Å². The zero-order valence-corrected chi connectivity index (χ0v) is 11.5. The SMILES string of the molecule is CC(O)C1C(=O)N2C(C(=O)O)=C(CCCCN)S[C@H]12. The first-order valence-corrected chi connectivity index (χ1v) is 7.21. The number of thioether (sulfide) groups is 1. The number of rotatable bonds is 6. The summed E-state index contributed by atoms with van der Waals surface area (Å²) in [5.74, 6) is -1.86. The first-order valence-electron chi connectivity index (χ1n) is 6.33. The largest absolute Gasteiger partial charge is 0.477 e. The van der Waals surface area contributed by atoms with Gasteiger partial charge in [0.1, 0.15) is 11.1 Å². The van der Waals surface area contributed by atoms with Gasteiger partial charge in [0.15, 0.2) is 0 Å². The molecule has 0 bridgehead atoms. The summed E-state index contributed by atoms with van der Waals surface area (Å²) in [6.07, 6.45) is 1.51. The minimum Gasteiger partial charge on any atom is -0.477 e. The van der Waals surface area contributed by atoms with Crippen molar-refractivity contribution < 1.29 is 19.8 Å². The lowest BCUT2D eigenvalue weighted by atomic mass is 9.92. The molecule has 3 atom stereocenters. The van der Waals surface area contributed by atoms with E-state index in [0.29, 0.717) is 13.0 Å². The molecular formula is C12H18N2O4S. The number of nitrogens with two attached hydrogens (primary N) is 1. The van der Waals surface area contributed by atoms with Crippen molar-refractivity contribution in [3.63, 3.8) is 0 Å². The molecule has 2 aliphatic heterocycles. The number of aliphatic hydroxyl groups excluding tert-OH is 1. The molecule has 0 aromatic rings. The summed E-state index contributed by atoms with van der Waals surface area (Å²) < 4.78 is 0. The Morgan fingerprint density at radius 3 is 2.74 bits per heavy atom. The lowest BCUT2D eigenvalue weighted by Gasteiger charge is -2.43. The number of carbonyl (C=O) groups is 2. The molecule has 19 heavy (non-hydrogen) atoms. The number of fused-ring (bicyclic) bond motifs is 1. The van der Waals surface area contributed by atoms with Crippen molar-refractivity contribution in [1.29, 1.82) is 0 Å². The van der Waals surface area contributed by atoms with E-state index in [9.17, 15) is 19.8 Å². The molecule has 2 heterocycles. The fourth-order valence-electron chi connectivity index (χ4n) is 2.46. The Bertz CT molecular complexity index is 435. The Hall–Kier alpha value is -1.05. The Morgan fingerprint density at radius 2 is 2.21 bits per heavy atom. The van der Waals surface area contributed by atoms with Gasteiger partial charge in [-0.3, -0.25) is 9.69 Å². The van der Waals surface area contributed by atoms with Gasteiger partial charge in [0.05, 0.1) is 12.0 Å². The number of β-lactam (4-membered cyclic amide) rings is 1. The van der Waals surface area contributed by atoms with Crippen LogP contribution < -0.4 is 5.73 Å². The Labute approximate surface area is 115 Å². The van der Waals surface area contributed by atoms with Gasteiger partial charge in [0, 0.05) is 4.91 Å². The van der Waals surface area contributed by atoms with Crippen LogP contribution in [0.2, 0.25) is 0 Å². The maximum Gasteiger partial charge on any atom is 0.353 e. The van der Waals surface area contributed by atoms with Crippen LogP contribution in [0.3, 0.4) is 0 Å². The van der Waals surface area contributed by atoms with Gasteiger partial charge >= 0.3 is 5.97 Å². The number of unbranched alkanes of at least 4 members (excludes halogenated alkanes) is 1. The van der Waals surface area contributed by atoms with Gasteiger partial charge in [-0.25, -0.2) is 4.79 Å². The van der Waals surface area contributed by atoms with E-state index < -0.39 is 18.0 Å². The molecule has 1 amide bonds. The second-order valence-corrected chi connectivity index (χ2v) is 6.02. The molecule has 0 aromatic carbocycles. The van der Waals surface area contributed by atoms with E-state index in [1.807, 2.05) is 0 Å². The van der Waals surface area contributed by atoms with Crippen molar-refractivity contribution in [3.8, 4) is 0 Å². The molecule has 7 heteroatoms. The third-order valence-electron chi connectivity index (χ3n) is 3.43. The average molecular weight is 286 g/mol. The van der Waals surface area contributed by atoms with E-state index in [4.69, 9.17) is 5.73 Å². The highest BCUT2D eigenvalue weighted by Crippen LogP contribution is 2.51. The van der Waals surface area contributed by atoms with Crippen LogP contribution in [0.4, 0.5) is 0 Å². The zero-order chi connectivity index (χ0) is 14.2. The molecule has 0 spiro atoms. The van der Waals surface area contributed by atoms with Crippen molar-refractivity contribution in [2.45, 2.75) is 37.7 Å². The molecular weight excluding hydrogens is 268 g/mol. The third-order valence-corrected chi connectivity index (χ3v) is 4.86. The summed E-state index contributed by atoms with van der Waals surface area (Å²) in [6.45, 7) is 2.13. The van der Waals surface area contributed by atoms with Crippen molar-refractivity contribution >= 4 is 23.6 Å². The number of hydrogen-bond donors (Lipinski definition) is 3. The Kier molecular flexibility index (Phi) is 4.17. The molecule has 6 nitrogen and oxygen atoms in total. The number of hydrogen-bond acceptors (Lipinski definition) is 5. The number of amides is 1. The van der Waals surface area contributed by atoms with Gasteiger partial charge in [0.2, 0.25) is 5.91 Å². The lowest BCUT2D eigenvalue weighted by molar-refractivity contribution is -0.156. The molecule has 0 aliphatic carbocycles. The molecule has 2 rings (SSSR count). The molecule has 2 unspecified atom stereocenters. The van der Waals surface area contributed by atoms with Crippen LogP contribution in [-0.2, 0) is 9.59 Å². The second kappa shape index (κ2) is 5.52. The van der Waals surface area contributed by atoms with Gasteiger partial charge in [-0.15, -0.1) is 11.8 Å². The van der Waals surface area contributed by atoms with Crippen molar-refractivity contribution in [2.24, 2.45) is 11.7 Å². The number of carboxylic acid groups (broad SMARTS) is 1. The zero-order valence-electron chi connectivity index (χ0n) is 10.7. The summed E-state index contributed by atoms with van der Waals surface area (Å²) in [5.41, 5.74) is 5.51. The van der Waals surface area contributed by atoms with E-state index in [1.54, 1.807) is 6.92 Å². The fourth-order valence-corrected chi connectivity index (χ4v) is 4.12. The Balaban J connectivity index is 2.14. The van der Waals surface area contributed by atoms with Crippen LogP contribution in [0.1, 0.15) is 26.2 Å². The van der Waals surface area contributed by atoms with Crippen molar-refractivity contribution in [2.75, 3.05) is 6.54 Å². The maximum atomic E-state index is 11.9. The lowest BCUT2D eigenvalue weighted by Crippen LogP contribution is -2.60. The summed E-state index contributed by atoms with van der Waals surface area (Å²) in [5, 5.41) is 18.6. The highest BCUT2D eigenvalue weighted by molar-refractivity contribution is 8.04. The number of carbonyl (C=O) groups excluding carboxylic acids is 1. The van der Waals surface area contributed by atoms with Crippen LogP contribution in [0.25, 0.3) is 0 Å². The number of aliphatic hydroxyl groups is 1. The second-order valence-electron chi connectivity index (χ2n) is 4.81. The molecule has 1 fully saturated rings. The smallest absolute Gasteiger partial charge is 0.353 e. The van der Waals surface area contributed by atoms with Crippen molar-refractivity contribution in [3.05, 3.63) is 10.6 Å². The van der Waals surface area contributed by atoms with Gasteiger partial charge in [-0.2, -0.15) is 0 Å². The minimum absolute atomic E-state index is 0.0916. The van der Waals surface area contributed by atoms with E-state index in [-0.39, 0.29) is 17.0 Å². The molecule has 4 N–H and O–H groups in total. The highest BCUT2D eigenvalue weighted by Gasteiger charge is 2.57. The molecule has 1 saturated heterocycles. The van der Waals surface area contributed by atoms with Gasteiger partial charge in [-0.1, -0.05) is 0 Å². The van der Waals surface area contributed by atoms with Crippen LogP contribution in [-0.4, -0.2) is 45.0 Å². The predicted octanol–water partition coefficient (Wildman–Crippen LogP) is 0.324. The van der Waals surface area contributed by atoms with Crippen LogP contribution in [0.15, 0.2) is 10.6 Å². The first kappa shape index (κ1) is 14.4. The minimum atomic E-state index is -1.07. The van der Waals surface area contributed by atoms with E-state index in [2.05, 4.69) is 0 Å². The standard InChI is InChI=1S/C12H18N2O4S/c1-6(15)8-10(16)14-9(12(17)18)7(19-11(8)14)4-2-3-5-13/h6,8,11,15H,2-5,13H2,1H3,(H,17,18)/t6?,8?,11-/m1/s1. The highest BCUT2D eigenvalue weighted by atomic mass is 32.2. The monoisotopic (exact) mass is 286 g/mol. The number of allylic oxidation sites excluding steroid dienone is 1. The van der Waals surface area contributed by atoms with Crippen LogP contribution >= 0.6 is 11.8 Å². The molecule has 0 saturated carbocycles. The molecule has 2 aliphatic rings. The summed E-state index contributed by atoms with van der Waals surface area (Å²) in [6, 6.07) is 0. The van der Waals surface area contributed by atoms with Crippen molar-refractivity contribution in [1.82, 2.24) is 4.90 Å². The average Bonchev–Trinajstić information content (AvgIpc) is 2.64. The summed E-state index contributed by atoms with van der Waals surface area (Å²) in [4.78, 5) is 25.2. The number of aliphatic carboxylic acids is 1. The first-order chi connectivity index (χ1) is 8.99. The fraction of sp³-hybridized carbons (Fsp3) is 0.667. The summed E-state index contributed by atoms with van der Waals surface area (Å²) >= 11 is 1.39. The van der Waals surface area contributed by atoms with Gasteiger partial charge in [0.25, 0.3) is 0 Å². The number of nitrogens with zero attached hydrogens (tertiary/aromatic N) is 1. The molecule has 0 radical (unpaired) electrons. The molecule has 106 valence electrons. The topological polar surface area (TPSA) is 104 Å². The van der Waals surface area contributed by atoms with Crippen LogP contribution in [0.5, 0.6) is 0 Å². The molecule has 0 aromatic heterocycles.